The van der Waals surface area contributed by atoms with Crippen molar-refractivity contribution in [2.75, 3.05) is 13.2 Å². The van der Waals surface area contributed by atoms with Crippen molar-refractivity contribution in [3.05, 3.63) is 0 Å². The Bertz CT molecular complexity index is 187. The number of nitrogens with one attached hydrogen (secondary N) is 1. The van der Waals surface area contributed by atoms with Crippen LogP contribution < -0.4 is 5.32 Å². The van der Waals surface area contributed by atoms with Crippen molar-refractivity contribution in [2.24, 2.45) is 0 Å². The third-order valence-electron chi connectivity index (χ3n) is 1.47. The van der Waals surface area contributed by atoms with E-state index in [1.165, 1.54) is 0 Å². The predicted molar refractivity (Wildman–Crippen MR) is 48.9 cm³/mol. The van der Waals surface area contributed by atoms with Gasteiger partial charge in [-0.1, -0.05) is 0 Å². The van der Waals surface area contributed by atoms with Gasteiger partial charge in [0, 0.05) is 19.6 Å². The summed E-state index contributed by atoms with van der Waals surface area (Å²) in [5.74, 6) is -0.0891. The summed E-state index contributed by atoms with van der Waals surface area (Å²) in [6.07, 6.45) is 1.13. The van der Waals surface area contributed by atoms with Crippen molar-refractivity contribution in [2.45, 2.75) is 32.7 Å². The Kier molecular flexibility index (Phi) is 6.93. The van der Waals surface area contributed by atoms with Gasteiger partial charge < -0.3 is 10.1 Å². The maximum atomic E-state index is 11.1. The smallest absolute Gasteiger partial charge is 0.221 e. The summed E-state index contributed by atoms with van der Waals surface area (Å²) in [7, 11) is 0. The summed E-state index contributed by atoms with van der Waals surface area (Å²) >= 11 is 0. The molecule has 1 N–H and O–H groups in total. The van der Waals surface area contributed by atoms with E-state index in [0.717, 1.165) is 0 Å². The molecule has 1 unspecified atom stereocenters. The summed E-state index contributed by atoms with van der Waals surface area (Å²) in [6.45, 7) is 4.85. The molecule has 0 aliphatic heterocycles. The van der Waals surface area contributed by atoms with Gasteiger partial charge >= 0.3 is 0 Å². The van der Waals surface area contributed by atoms with E-state index in [1.807, 2.05) is 13.0 Å². The molecule has 4 heteroatoms. The van der Waals surface area contributed by atoms with Crippen LogP contribution in [0.2, 0.25) is 0 Å². The first-order valence-corrected chi connectivity index (χ1v) is 4.47. The monoisotopic (exact) mass is 184 g/mol. The molecule has 0 rings (SSSR count). The van der Waals surface area contributed by atoms with E-state index in [4.69, 9.17) is 10.00 Å². The van der Waals surface area contributed by atoms with Crippen LogP contribution in [-0.4, -0.2) is 25.2 Å². The number of rotatable bonds is 6. The third-order valence-corrected chi connectivity index (χ3v) is 1.47. The van der Waals surface area contributed by atoms with Gasteiger partial charge in [0.2, 0.25) is 5.91 Å². The summed E-state index contributed by atoms with van der Waals surface area (Å²) in [4.78, 5) is 11.1. The number of carbonyl (C=O) groups excluding carboxylic acids is 1. The Morgan fingerprint density at radius 3 is 2.92 bits per heavy atom. The van der Waals surface area contributed by atoms with Crippen molar-refractivity contribution >= 4 is 5.91 Å². The van der Waals surface area contributed by atoms with Crippen LogP contribution in [0.3, 0.4) is 0 Å². The van der Waals surface area contributed by atoms with Crippen LogP contribution in [-0.2, 0) is 9.53 Å². The fourth-order valence-corrected chi connectivity index (χ4v) is 0.825. The zero-order chi connectivity index (χ0) is 10.1. The van der Waals surface area contributed by atoms with Crippen molar-refractivity contribution in [3.63, 3.8) is 0 Å². The van der Waals surface area contributed by atoms with Crippen LogP contribution >= 0.6 is 0 Å². The maximum absolute atomic E-state index is 11.1. The van der Waals surface area contributed by atoms with Gasteiger partial charge in [-0.15, -0.1) is 0 Å². The first-order valence-electron chi connectivity index (χ1n) is 4.47. The van der Waals surface area contributed by atoms with Crippen LogP contribution in [0, 0.1) is 11.3 Å². The number of nitriles is 1. The molecule has 1 atom stereocenters. The normalized spacial score (nSPS) is 11.8. The summed E-state index contributed by atoms with van der Waals surface area (Å²) < 4.78 is 5.07. The molecule has 74 valence electrons. The van der Waals surface area contributed by atoms with Crippen LogP contribution in [0.4, 0.5) is 0 Å². The zero-order valence-corrected chi connectivity index (χ0v) is 8.17. The van der Waals surface area contributed by atoms with Crippen LogP contribution in [0.25, 0.3) is 0 Å². The molecular formula is C9H16N2O2. The highest BCUT2D eigenvalue weighted by molar-refractivity contribution is 5.76. The molecule has 0 bridgehead atoms. The summed E-state index contributed by atoms with van der Waals surface area (Å²) in [5.41, 5.74) is 0. The van der Waals surface area contributed by atoms with Crippen molar-refractivity contribution in [3.8, 4) is 6.07 Å². The average Bonchev–Trinajstić information content (AvgIpc) is 2.12. The third kappa shape index (κ3) is 7.29. The van der Waals surface area contributed by atoms with Gasteiger partial charge in [0.25, 0.3) is 0 Å². The molecule has 0 aromatic rings. The van der Waals surface area contributed by atoms with Crippen molar-refractivity contribution < 1.29 is 9.53 Å². The SMILES string of the molecule is CCOCCCC(=O)NC(C)C#N. The quantitative estimate of drug-likeness (QED) is 0.622. The lowest BCUT2D eigenvalue weighted by atomic mass is 10.3. The molecular weight excluding hydrogens is 168 g/mol. The fourth-order valence-electron chi connectivity index (χ4n) is 0.825. The standard InChI is InChI=1S/C9H16N2O2/c1-3-13-6-4-5-9(12)11-8(2)7-10/h8H,3-6H2,1-2H3,(H,11,12). The van der Waals surface area contributed by atoms with Gasteiger partial charge in [-0.3, -0.25) is 4.79 Å². The zero-order valence-electron chi connectivity index (χ0n) is 8.17. The Morgan fingerprint density at radius 1 is 1.69 bits per heavy atom. The van der Waals surface area contributed by atoms with Crippen LogP contribution in [0.1, 0.15) is 26.7 Å². The molecule has 13 heavy (non-hydrogen) atoms. The number of ether oxygens (including phenoxy) is 1. The van der Waals surface area contributed by atoms with E-state index in [1.54, 1.807) is 6.92 Å². The van der Waals surface area contributed by atoms with Gasteiger partial charge in [0.05, 0.1) is 6.07 Å². The first-order chi connectivity index (χ1) is 6.20. The van der Waals surface area contributed by atoms with Gasteiger partial charge in [0.1, 0.15) is 6.04 Å². The first kappa shape index (κ1) is 11.9. The fraction of sp³-hybridized carbons (Fsp3) is 0.778. The topological polar surface area (TPSA) is 62.1 Å². The van der Waals surface area contributed by atoms with Gasteiger partial charge in [-0.25, -0.2) is 0 Å². The highest BCUT2D eigenvalue weighted by Gasteiger charge is 2.04. The van der Waals surface area contributed by atoms with E-state index in [-0.39, 0.29) is 5.91 Å². The minimum atomic E-state index is -0.403. The minimum Gasteiger partial charge on any atom is -0.382 e. The molecule has 0 heterocycles. The van der Waals surface area contributed by atoms with Gasteiger partial charge in [-0.2, -0.15) is 5.26 Å². The molecule has 0 saturated heterocycles. The van der Waals surface area contributed by atoms with E-state index in [0.29, 0.717) is 26.1 Å². The van der Waals surface area contributed by atoms with E-state index in [9.17, 15) is 4.79 Å². The second kappa shape index (κ2) is 7.56. The molecule has 0 radical (unpaired) electrons. The highest BCUT2D eigenvalue weighted by Crippen LogP contribution is 1.91. The Morgan fingerprint density at radius 2 is 2.38 bits per heavy atom. The van der Waals surface area contributed by atoms with Crippen molar-refractivity contribution in [1.29, 1.82) is 5.26 Å². The molecule has 0 aromatic carbocycles. The molecule has 0 saturated carbocycles. The van der Waals surface area contributed by atoms with Crippen LogP contribution in [0.15, 0.2) is 0 Å². The Labute approximate surface area is 78.9 Å². The molecule has 0 fully saturated rings. The summed E-state index contributed by atoms with van der Waals surface area (Å²) in [5, 5.41) is 11.0. The molecule has 1 amide bonds. The highest BCUT2D eigenvalue weighted by atomic mass is 16.5. The van der Waals surface area contributed by atoms with E-state index in [2.05, 4.69) is 5.32 Å². The second-order valence-electron chi connectivity index (χ2n) is 2.72. The molecule has 0 aliphatic carbocycles. The molecule has 0 aliphatic rings. The number of carbonyl (C=O) groups is 1. The minimum absolute atomic E-state index is 0.0891. The number of nitrogens with zero attached hydrogens (tertiary/aromatic N) is 1. The van der Waals surface area contributed by atoms with Gasteiger partial charge in [-0.05, 0) is 20.3 Å². The van der Waals surface area contributed by atoms with E-state index < -0.39 is 6.04 Å². The predicted octanol–water partition coefficient (Wildman–Crippen LogP) is 0.831. The Balaban J connectivity index is 3.36. The van der Waals surface area contributed by atoms with Crippen molar-refractivity contribution in [1.82, 2.24) is 5.32 Å². The second-order valence-corrected chi connectivity index (χ2v) is 2.72. The molecule has 0 spiro atoms. The Hall–Kier alpha value is -1.08. The van der Waals surface area contributed by atoms with Crippen LogP contribution in [0.5, 0.6) is 0 Å². The lowest BCUT2D eigenvalue weighted by Gasteiger charge is -2.05. The van der Waals surface area contributed by atoms with E-state index >= 15 is 0 Å². The summed E-state index contributed by atoms with van der Waals surface area (Å²) in [6, 6.07) is 1.53. The number of hydrogen-bond acceptors (Lipinski definition) is 3. The lowest BCUT2D eigenvalue weighted by Crippen LogP contribution is -2.31. The molecule has 0 aromatic heterocycles. The average molecular weight is 184 g/mol. The number of hydrogen-bond donors (Lipinski definition) is 1. The number of amides is 1. The van der Waals surface area contributed by atoms with Gasteiger partial charge in [0.15, 0.2) is 0 Å². The largest absolute Gasteiger partial charge is 0.382 e. The maximum Gasteiger partial charge on any atom is 0.221 e. The lowest BCUT2D eigenvalue weighted by molar-refractivity contribution is -0.121. The molecule has 4 nitrogen and oxygen atoms in total.